The molecule has 3 heteroatoms. The first-order valence-electron chi connectivity index (χ1n) is 5.94. The summed E-state index contributed by atoms with van der Waals surface area (Å²) < 4.78 is 5.32. The third-order valence-corrected chi connectivity index (χ3v) is 3.58. The van der Waals surface area contributed by atoms with Crippen LogP contribution in [0.4, 0.5) is 0 Å². The van der Waals surface area contributed by atoms with Gasteiger partial charge in [0.25, 0.3) is 0 Å². The molecule has 0 radical (unpaired) electrons. The molecule has 3 nitrogen and oxygen atoms in total. The summed E-state index contributed by atoms with van der Waals surface area (Å²) in [5, 5.41) is 10.7. The van der Waals surface area contributed by atoms with Crippen LogP contribution >= 0.6 is 0 Å². The molecule has 1 N–H and O–H groups in total. The van der Waals surface area contributed by atoms with Crippen molar-refractivity contribution in [2.75, 3.05) is 13.2 Å². The van der Waals surface area contributed by atoms with Gasteiger partial charge in [-0.3, -0.25) is 4.79 Å². The number of carbonyl (C=O) groups is 1. The molecule has 0 aromatic heterocycles. The zero-order chi connectivity index (χ0) is 12.5. The molecule has 17 heavy (non-hydrogen) atoms. The van der Waals surface area contributed by atoms with Crippen molar-refractivity contribution in [3.63, 3.8) is 0 Å². The number of Topliss-reactive ketones (excluding diaryl/α,β-unsaturated/α-hetero) is 1. The van der Waals surface area contributed by atoms with E-state index in [1.807, 2.05) is 18.2 Å². The van der Waals surface area contributed by atoms with Crippen molar-refractivity contribution in [3.8, 4) is 0 Å². The zero-order valence-electron chi connectivity index (χ0n) is 10.3. The van der Waals surface area contributed by atoms with Gasteiger partial charge in [0.15, 0.2) is 5.78 Å². The number of carbonyl (C=O) groups excluding carboxylic acids is 1. The summed E-state index contributed by atoms with van der Waals surface area (Å²) in [5.41, 5.74) is 0.311. The fourth-order valence-electron chi connectivity index (χ4n) is 2.43. The van der Waals surface area contributed by atoms with Crippen molar-refractivity contribution in [1.29, 1.82) is 0 Å². The Hall–Kier alpha value is -1.19. The second kappa shape index (κ2) is 4.59. The Bertz CT molecular complexity index is 417. The quantitative estimate of drug-likeness (QED) is 0.815. The number of benzene rings is 1. The maximum atomic E-state index is 11.6. The third kappa shape index (κ3) is 2.26. The van der Waals surface area contributed by atoms with E-state index in [4.69, 9.17) is 4.74 Å². The SMILES string of the molecule is CC(=O)c1ccccc1C(C)(O)C1CCOC1. The van der Waals surface area contributed by atoms with Crippen LogP contribution in [0, 0.1) is 5.92 Å². The smallest absolute Gasteiger partial charge is 0.160 e. The lowest BCUT2D eigenvalue weighted by Crippen LogP contribution is -2.33. The second-order valence-corrected chi connectivity index (χ2v) is 4.81. The van der Waals surface area contributed by atoms with Crippen molar-refractivity contribution in [3.05, 3.63) is 35.4 Å². The maximum absolute atomic E-state index is 11.6. The highest BCUT2D eigenvalue weighted by atomic mass is 16.5. The minimum Gasteiger partial charge on any atom is -0.385 e. The summed E-state index contributed by atoms with van der Waals surface area (Å²) in [7, 11) is 0. The van der Waals surface area contributed by atoms with Gasteiger partial charge in [0.2, 0.25) is 0 Å². The van der Waals surface area contributed by atoms with Gasteiger partial charge in [-0.15, -0.1) is 0 Å². The first-order chi connectivity index (χ1) is 8.03. The van der Waals surface area contributed by atoms with Crippen molar-refractivity contribution in [1.82, 2.24) is 0 Å². The normalized spacial score (nSPS) is 23.4. The number of aliphatic hydroxyl groups is 1. The molecule has 2 unspecified atom stereocenters. The minimum atomic E-state index is -1.00. The van der Waals surface area contributed by atoms with Crippen molar-refractivity contribution >= 4 is 5.78 Å². The predicted molar refractivity (Wildman–Crippen MR) is 64.9 cm³/mol. The molecule has 0 saturated carbocycles. The van der Waals surface area contributed by atoms with E-state index < -0.39 is 5.60 Å². The van der Waals surface area contributed by atoms with Gasteiger partial charge in [0.1, 0.15) is 0 Å². The Balaban J connectivity index is 2.41. The van der Waals surface area contributed by atoms with Gasteiger partial charge in [0.05, 0.1) is 12.2 Å². The molecule has 0 bridgehead atoms. The molecule has 92 valence electrons. The van der Waals surface area contributed by atoms with Crippen LogP contribution < -0.4 is 0 Å². The molecular formula is C14H18O3. The number of ketones is 1. The van der Waals surface area contributed by atoms with Crippen molar-refractivity contribution in [2.45, 2.75) is 25.9 Å². The van der Waals surface area contributed by atoms with Crippen LogP contribution in [0.5, 0.6) is 0 Å². The van der Waals surface area contributed by atoms with E-state index in [9.17, 15) is 9.90 Å². The molecule has 0 aliphatic carbocycles. The highest BCUT2D eigenvalue weighted by Gasteiger charge is 2.38. The summed E-state index contributed by atoms with van der Waals surface area (Å²) in [4.78, 5) is 11.6. The Morgan fingerprint density at radius 1 is 1.47 bits per heavy atom. The molecule has 1 saturated heterocycles. The molecule has 0 amide bonds. The molecule has 1 aromatic rings. The minimum absolute atomic E-state index is 0.0141. The van der Waals surface area contributed by atoms with E-state index in [0.717, 1.165) is 6.42 Å². The molecule has 1 heterocycles. The van der Waals surface area contributed by atoms with Gasteiger partial charge in [0, 0.05) is 18.1 Å². The van der Waals surface area contributed by atoms with E-state index in [0.29, 0.717) is 24.3 Å². The van der Waals surface area contributed by atoms with E-state index in [-0.39, 0.29) is 11.7 Å². The Kier molecular flexibility index (Phi) is 3.31. The second-order valence-electron chi connectivity index (χ2n) is 4.81. The highest BCUT2D eigenvalue weighted by Crippen LogP contribution is 2.36. The van der Waals surface area contributed by atoms with Crippen LogP contribution in [-0.2, 0) is 10.3 Å². The summed E-state index contributed by atoms with van der Waals surface area (Å²) in [6.07, 6.45) is 0.833. The van der Waals surface area contributed by atoms with Gasteiger partial charge < -0.3 is 9.84 Å². The summed E-state index contributed by atoms with van der Waals surface area (Å²) in [6.45, 7) is 4.54. The summed E-state index contributed by atoms with van der Waals surface area (Å²) in [6, 6.07) is 7.27. The van der Waals surface area contributed by atoms with Crippen LogP contribution in [-0.4, -0.2) is 24.1 Å². The van der Waals surface area contributed by atoms with Crippen LogP contribution in [0.3, 0.4) is 0 Å². The molecule has 2 rings (SSSR count). The van der Waals surface area contributed by atoms with Gasteiger partial charge in [-0.1, -0.05) is 24.3 Å². The standard InChI is InChI=1S/C14H18O3/c1-10(15)12-5-3-4-6-13(12)14(2,16)11-7-8-17-9-11/h3-6,11,16H,7-9H2,1-2H3. The first-order valence-corrected chi connectivity index (χ1v) is 5.94. The van der Waals surface area contributed by atoms with Crippen molar-refractivity contribution < 1.29 is 14.6 Å². The number of ether oxygens (including phenoxy) is 1. The highest BCUT2D eigenvalue weighted by molar-refractivity contribution is 5.95. The monoisotopic (exact) mass is 234 g/mol. The lowest BCUT2D eigenvalue weighted by molar-refractivity contribution is -0.0103. The molecule has 1 aliphatic heterocycles. The fraction of sp³-hybridized carbons (Fsp3) is 0.500. The fourth-order valence-corrected chi connectivity index (χ4v) is 2.43. The molecule has 1 aliphatic rings. The van der Waals surface area contributed by atoms with E-state index >= 15 is 0 Å². The van der Waals surface area contributed by atoms with E-state index in [1.165, 1.54) is 6.92 Å². The summed E-state index contributed by atoms with van der Waals surface area (Å²) in [5.74, 6) is 0.0443. The van der Waals surface area contributed by atoms with Gasteiger partial charge >= 0.3 is 0 Å². The third-order valence-electron chi connectivity index (χ3n) is 3.58. The number of rotatable bonds is 3. The lowest BCUT2D eigenvalue weighted by atomic mass is 9.79. The molecule has 1 aromatic carbocycles. The van der Waals surface area contributed by atoms with Crippen LogP contribution in [0.2, 0.25) is 0 Å². The first kappa shape index (κ1) is 12.3. The van der Waals surface area contributed by atoms with Crippen LogP contribution in [0.1, 0.15) is 36.2 Å². The maximum Gasteiger partial charge on any atom is 0.160 e. The lowest BCUT2D eigenvalue weighted by Gasteiger charge is -2.31. The average molecular weight is 234 g/mol. The largest absolute Gasteiger partial charge is 0.385 e. The Morgan fingerprint density at radius 2 is 2.18 bits per heavy atom. The zero-order valence-corrected chi connectivity index (χ0v) is 10.3. The van der Waals surface area contributed by atoms with Crippen molar-refractivity contribution in [2.24, 2.45) is 5.92 Å². The Labute approximate surface area is 101 Å². The average Bonchev–Trinajstić information content (AvgIpc) is 2.83. The topological polar surface area (TPSA) is 46.5 Å². The van der Waals surface area contributed by atoms with Gasteiger partial charge in [-0.25, -0.2) is 0 Å². The molecule has 0 spiro atoms. The summed E-state index contributed by atoms with van der Waals surface area (Å²) >= 11 is 0. The molecular weight excluding hydrogens is 216 g/mol. The van der Waals surface area contributed by atoms with Gasteiger partial charge in [-0.2, -0.15) is 0 Å². The molecule has 1 fully saturated rings. The number of hydrogen-bond acceptors (Lipinski definition) is 3. The van der Waals surface area contributed by atoms with Crippen LogP contribution in [0.25, 0.3) is 0 Å². The van der Waals surface area contributed by atoms with E-state index in [1.54, 1.807) is 13.0 Å². The molecule has 2 atom stereocenters. The van der Waals surface area contributed by atoms with E-state index in [2.05, 4.69) is 0 Å². The predicted octanol–water partition coefficient (Wildman–Crippen LogP) is 2.13. The number of hydrogen-bond donors (Lipinski definition) is 1. The van der Waals surface area contributed by atoms with Crippen LogP contribution in [0.15, 0.2) is 24.3 Å². The Morgan fingerprint density at radius 3 is 2.76 bits per heavy atom. The van der Waals surface area contributed by atoms with Gasteiger partial charge in [-0.05, 0) is 25.8 Å².